The van der Waals surface area contributed by atoms with Crippen molar-refractivity contribution >= 4 is 11.0 Å². The second-order valence-corrected chi connectivity index (χ2v) is 6.91. The zero-order chi connectivity index (χ0) is 14.5. The summed E-state index contributed by atoms with van der Waals surface area (Å²) in [7, 11) is 0. The Morgan fingerprint density at radius 1 is 1.40 bits per heavy atom. The molecule has 2 N–H and O–H groups in total. The van der Waals surface area contributed by atoms with Crippen LogP contribution in [0, 0.1) is 11.2 Å². The van der Waals surface area contributed by atoms with Gasteiger partial charge in [0.15, 0.2) is 5.82 Å². The van der Waals surface area contributed by atoms with E-state index in [2.05, 4.69) is 30.3 Å². The van der Waals surface area contributed by atoms with Crippen LogP contribution < -0.4 is 5.73 Å². The molecule has 0 spiro atoms. The molecular formula is C16H22FN3. The first kappa shape index (κ1) is 13.6. The molecule has 0 amide bonds. The molecule has 1 heterocycles. The summed E-state index contributed by atoms with van der Waals surface area (Å²) >= 11 is 0. The van der Waals surface area contributed by atoms with E-state index in [1.54, 1.807) is 6.07 Å². The van der Waals surface area contributed by atoms with Gasteiger partial charge in [-0.05, 0) is 30.4 Å². The van der Waals surface area contributed by atoms with Crippen molar-refractivity contribution in [2.45, 2.75) is 52.1 Å². The van der Waals surface area contributed by atoms with E-state index in [0.29, 0.717) is 18.0 Å². The Kier molecular flexibility index (Phi) is 3.09. The molecule has 0 radical (unpaired) electrons. The summed E-state index contributed by atoms with van der Waals surface area (Å²) in [5.74, 6) is 0.683. The van der Waals surface area contributed by atoms with Crippen LogP contribution in [0.4, 0.5) is 4.39 Å². The number of aromatic nitrogens is 2. The lowest BCUT2D eigenvalue weighted by Gasteiger charge is -2.27. The molecule has 1 aromatic carbocycles. The van der Waals surface area contributed by atoms with Gasteiger partial charge in [0.05, 0.1) is 5.52 Å². The van der Waals surface area contributed by atoms with Crippen molar-refractivity contribution in [1.29, 1.82) is 0 Å². The van der Waals surface area contributed by atoms with Crippen LogP contribution in [0.3, 0.4) is 0 Å². The predicted octanol–water partition coefficient (Wildman–Crippen LogP) is 3.43. The maximum atomic E-state index is 13.9. The van der Waals surface area contributed by atoms with E-state index in [0.717, 1.165) is 24.2 Å². The molecule has 1 unspecified atom stereocenters. The first-order valence-corrected chi connectivity index (χ1v) is 7.29. The summed E-state index contributed by atoms with van der Waals surface area (Å²) in [6, 6.07) is 5.67. The van der Waals surface area contributed by atoms with Crippen molar-refractivity contribution in [2.24, 2.45) is 11.1 Å². The summed E-state index contributed by atoms with van der Waals surface area (Å²) in [6.07, 6.45) is 2.99. The van der Waals surface area contributed by atoms with Gasteiger partial charge < -0.3 is 10.3 Å². The number of hydrogen-bond donors (Lipinski definition) is 1. The topological polar surface area (TPSA) is 43.8 Å². The molecule has 0 saturated heterocycles. The molecule has 3 nitrogen and oxygen atoms in total. The van der Waals surface area contributed by atoms with Gasteiger partial charge in [-0.25, -0.2) is 9.37 Å². The van der Waals surface area contributed by atoms with E-state index in [-0.39, 0.29) is 17.3 Å². The highest BCUT2D eigenvalue weighted by molar-refractivity contribution is 5.77. The fraction of sp³-hybridized carbons (Fsp3) is 0.562. The van der Waals surface area contributed by atoms with Crippen molar-refractivity contribution in [3.8, 4) is 0 Å². The quantitative estimate of drug-likeness (QED) is 0.932. The molecule has 0 aliphatic heterocycles. The smallest absolute Gasteiger partial charge is 0.151 e. The maximum Gasteiger partial charge on any atom is 0.151 e. The molecular weight excluding hydrogens is 253 g/mol. The third-order valence-electron chi connectivity index (χ3n) is 4.17. The third kappa shape index (κ3) is 2.33. The Balaban J connectivity index is 2.06. The largest absolute Gasteiger partial charge is 0.327 e. The van der Waals surface area contributed by atoms with Gasteiger partial charge in [-0.1, -0.05) is 26.8 Å². The summed E-state index contributed by atoms with van der Waals surface area (Å²) in [6.45, 7) is 6.38. The SMILES string of the molecule is CC(C)(C)C(N)Cc1nc2c(F)cccc2n1C1CC1. The summed E-state index contributed by atoms with van der Waals surface area (Å²) in [4.78, 5) is 4.53. The van der Waals surface area contributed by atoms with Crippen LogP contribution in [0.1, 0.15) is 45.5 Å². The van der Waals surface area contributed by atoms with Gasteiger partial charge >= 0.3 is 0 Å². The Hall–Kier alpha value is -1.42. The molecule has 1 aromatic heterocycles. The lowest BCUT2D eigenvalue weighted by molar-refractivity contribution is 0.313. The van der Waals surface area contributed by atoms with Crippen molar-refractivity contribution in [3.63, 3.8) is 0 Å². The molecule has 20 heavy (non-hydrogen) atoms. The highest BCUT2D eigenvalue weighted by Crippen LogP contribution is 2.39. The van der Waals surface area contributed by atoms with Gasteiger partial charge in [0.2, 0.25) is 0 Å². The lowest BCUT2D eigenvalue weighted by Crippen LogP contribution is -2.37. The maximum absolute atomic E-state index is 13.9. The summed E-state index contributed by atoms with van der Waals surface area (Å²) in [5.41, 5.74) is 7.69. The predicted molar refractivity (Wildman–Crippen MR) is 79.1 cm³/mol. The number of para-hydroxylation sites is 1. The van der Waals surface area contributed by atoms with Gasteiger partial charge in [0.1, 0.15) is 11.3 Å². The molecule has 1 saturated carbocycles. The van der Waals surface area contributed by atoms with Crippen LogP contribution in [-0.4, -0.2) is 15.6 Å². The first-order chi connectivity index (χ1) is 9.38. The first-order valence-electron chi connectivity index (χ1n) is 7.29. The van der Waals surface area contributed by atoms with E-state index in [9.17, 15) is 4.39 Å². The molecule has 1 aliphatic carbocycles. The van der Waals surface area contributed by atoms with Crippen LogP contribution in [0.2, 0.25) is 0 Å². The number of rotatable bonds is 3. The normalized spacial score (nSPS) is 17.6. The van der Waals surface area contributed by atoms with Crippen LogP contribution in [0.25, 0.3) is 11.0 Å². The second-order valence-electron chi connectivity index (χ2n) is 6.91. The molecule has 2 aromatic rings. The highest BCUT2D eigenvalue weighted by Gasteiger charge is 2.31. The van der Waals surface area contributed by atoms with E-state index in [1.807, 2.05) is 6.07 Å². The van der Waals surface area contributed by atoms with Gasteiger partial charge in [0.25, 0.3) is 0 Å². The van der Waals surface area contributed by atoms with Crippen molar-refractivity contribution in [2.75, 3.05) is 0 Å². The van der Waals surface area contributed by atoms with Crippen molar-refractivity contribution < 1.29 is 4.39 Å². The van der Waals surface area contributed by atoms with Crippen LogP contribution in [0.5, 0.6) is 0 Å². The Bertz CT molecular complexity index is 635. The van der Waals surface area contributed by atoms with Crippen molar-refractivity contribution in [1.82, 2.24) is 9.55 Å². The number of nitrogens with zero attached hydrogens (tertiary/aromatic N) is 2. The zero-order valence-electron chi connectivity index (χ0n) is 12.4. The van der Waals surface area contributed by atoms with Gasteiger partial charge in [-0.15, -0.1) is 0 Å². The fourth-order valence-corrected chi connectivity index (χ4v) is 2.52. The number of nitrogens with two attached hydrogens (primary N) is 1. The Morgan fingerprint density at radius 3 is 2.70 bits per heavy atom. The number of halogens is 1. The minimum atomic E-state index is -0.243. The molecule has 1 aliphatic rings. The number of imidazole rings is 1. The molecule has 3 rings (SSSR count). The number of hydrogen-bond acceptors (Lipinski definition) is 2. The third-order valence-corrected chi connectivity index (χ3v) is 4.17. The Labute approximate surface area is 119 Å². The molecule has 0 bridgehead atoms. The second kappa shape index (κ2) is 4.55. The standard InChI is InChI=1S/C16H22FN3/c1-16(2,3)13(18)9-14-19-15-11(17)5-4-6-12(15)20(14)10-7-8-10/h4-6,10,13H,7-9,18H2,1-3H3. The highest BCUT2D eigenvalue weighted by atomic mass is 19.1. The van der Waals surface area contributed by atoms with Gasteiger partial charge in [-0.2, -0.15) is 0 Å². The minimum Gasteiger partial charge on any atom is -0.327 e. The summed E-state index contributed by atoms with van der Waals surface area (Å²) in [5, 5.41) is 0. The van der Waals surface area contributed by atoms with E-state index < -0.39 is 0 Å². The minimum absolute atomic E-state index is 0.0138. The van der Waals surface area contributed by atoms with E-state index in [4.69, 9.17) is 5.73 Å². The zero-order valence-corrected chi connectivity index (χ0v) is 12.4. The van der Waals surface area contributed by atoms with Crippen molar-refractivity contribution in [3.05, 3.63) is 29.8 Å². The summed E-state index contributed by atoms with van der Waals surface area (Å²) < 4.78 is 16.1. The number of benzene rings is 1. The lowest BCUT2D eigenvalue weighted by atomic mass is 9.85. The average molecular weight is 275 g/mol. The molecule has 4 heteroatoms. The van der Waals surface area contributed by atoms with Crippen LogP contribution in [0.15, 0.2) is 18.2 Å². The molecule has 1 fully saturated rings. The van der Waals surface area contributed by atoms with Crippen LogP contribution in [-0.2, 0) is 6.42 Å². The average Bonchev–Trinajstić information content (AvgIpc) is 3.11. The fourth-order valence-electron chi connectivity index (χ4n) is 2.52. The number of fused-ring (bicyclic) bond motifs is 1. The van der Waals surface area contributed by atoms with E-state index >= 15 is 0 Å². The van der Waals surface area contributed by atoms with Gasteiger partial charge in [-0.3, -0.25) is 0 Å². The monoisotopic (exact) mass is 275 g/mol. The van der Waals surface area contributed by atoms with E-state index in [1.165, 1.54) is 6.07 Å². The molecule has 1 atom stereocenters. The van der Waals surface area contributed by atoms with Gasteiger partial charge in [0, 0.05) is 18.5 Å². The van der Waals surface area contributed by atoms with Crippen LogP contribution >= 0.6 is 0 Å². The Morgan fingerprint density at radius 2 is 2.10 bits per heavy atom. The molecule has 108 valence electrons.